The number of hydrogen-bond donors (Lipinski definition) is 2. The molecule has 7 nitrogen and oxygen atoms in total. The SMILES string of the molecule is C#Cc1cnccc1-c1cccc2cc(-c3nc(NCCN4CCNC4=O)ncc3F)sc12. The molecule has 0 saturated carbocycles. The number of benzene rings is 1. The lowest BCUT2D eigenvalue weighted by Crippen LogP contribution is -2.32. The summed E-state index contributed by atoms with van der Waals surface area (Å²) in [5, 5.41) is 6.81. The van der Waals surface area contributed by atoms with Gasteiger partial charge in [0.15, 0.2) is 5.82 Å². The van der Waals surface area contributed by atoms with Gasteiger partial charge in [0.2, 0.25) is 5.95 Å². The van der Waals surface area contributed by atoms with E-state index in [4.69, 9.17) is 6.42 Å². The predicted molar refractivity (Wildman–Crippen MR) is 127 cm³/mol. The number of fused-ring (bicyclic) bond motifs is 1. The van der Waals surface area contributed by atoms with Crippen molar-refractivity contribution in [2.45, 2.75) is 0 Å². The molecule has 164 valence electrons. The van der Waals surface area contributed by atoms with E-state index in [1.54, 1.807) is 17.3 Å². The van der Waals surface area contributed by atoms with Crippen LogP contribution in [0.5, 0.6) is 0 Å². The van der Waals surface area contributed by atoms with Crippen molar-refractivity contribution in [3.05, 3.63) is 60.3 Å². The molecular formula is C24H19FN6OS. The van der Waals surface area contributed by atoms with Gasteiger partial charge in [-0.15, -0.1) is 17.8 Å². The lowest BCUT2D eigenvalue weighted by atomic mass is 10.0. The van der Waals surface area contributed by atoms with Crippen molar-refractivity contribution in [3.8, 4) is 34.0 Å². The summed E-state index contributed by atoms with van der Waals surface area (Å²) in [7, 11) is 0. The summed E-state index contributed by atoms with van der Waals surface area (Å²) in [4.78, 5) is 26.6. The van der Waals surface area contributed by atoms with Gasteiger partial charge < -0.3 is 15.5 Å². The van der Waals surface area contributed by atoms with Crippen molar-refractivity contribution in [2.75, 3.05) is 31.5 Å². The Balaban J connectivity index is 1.45. The lowest BCUT2D eigenvalue weighted by Gasteiger charge is -2.14. The summed E-state index contributed by atoms with van der Waals surface area (Å²) >= 11 is 1.45. The van der Waals surface area contributed by atoms with Gasteiger partial charge in [0.1, 0.15) is 5.69 Å². The lowest BCUT2D eigenvalue weighted by molar-refractivity contribution is 0.219. The van der Waals surface area contributed by atoms with Crippen LogP contribution in [0.4, 0.5) is 15.1 Å². The van der Waals surface area contributed by atoms with Crippen LogP contribution < -0.4 is 10.6 Å². The molecule has 0 atom stereocenters. The van der Waals surface area contributed by atoms with Gasteiger partial charge in [0.05, 0.1) is 16.6 Å². The molecule has 9 heteroatoms. The Morgan fingerprint density at radius 1 is 1.27 bits per heavy atom. The number of carbonyl (C=O) groups is 1. The fraction of sp³-hybridized carbons (Fsp3) is 0.167. The van der Waals surface area contributed by atoms with Crippen molar-refractivity contribution in [2.24, 2.45) is 0 Å². The fourth-order valence-electron chi connectivity index (χ4n) is 3.79. The van der Waals surface area contributed by atoms with Crippen LogP contribution in [-0.2, 0) is 0 Å². The molecule has 5 rings (SSSR count). The minimum atomic E-state index is -0.499. The van der Waals surface area contributed by atoms with E-state index in [9.17, 15) is 9.18 Å². The van der Waals surface area contributed by atoms with Gasteiger partial charge in [-0.25, -0.2) is 19.2 Å². The molecule has 0 spiro atoms. The predicted octanol–water partition coefficient (Wildman–Crippen LogP) is 3.98. The van der Waals surface area contributed by atoms with Gasteiger partial charge in [-0.1, -0.05) is 24.1 Å². The highest BCUT2D eigenvalue weighted by molar-refractivity contribution is 7.22. The van der Waals surface area contributed by atoms with Crippen LogP contribution in [0.2, 0.25) is 0 Å². The summed E-state index contributed by atoms with van der Waals surface area (Å²) in [5.74, 6) is 2.49. The maximum atomic E-state index is 14.7. The minimum Gasteiger partial charge on any atom is -0.352 e. The number of hydrogen-bond acceptors (Lipinski definition) is 6. The van der Waals surface area contributed by atoms with Crippen molar-refractivity contribution >= 4 is 33.4 Å². The summed E-state index contributed by atoms with van der Waals surface area (Å²) in [6, 6.07) is 9.65. The molecule has 0 bridgehead atoms. The Kier molecular flexibility index (Phi) is 5.59. The largest absolute Gasteiger partial charge is 0.352 e. The molecule has 4 heterocycles. The van der Waals surface area contributed by atoms with Gasteiger partial charge in [-0.2, -0.15) is 0 Å². The van der Waals surface area contributed by atoms with Gasteiger partial charge in [0.25, 0.3) is 0 Å². The molecule has 2 amide bonds. The number of halogens is 1. The van der Waals surface area contributed by atoms with Crippen LogP contribution >= 0.6 is 11.3 Å². The van der Waals surface area contributed by atoms with Crippen LogP contribution in [0.15, 0.2) is 48.9 Å². The zero-order valence-corrected chi connectivity index (χ0v) is 18.3. The maximum Gasteiger partial charge on any atom is 0.317 e. The smallest absolute Gasteiger partial charge is 0.317 e. The molecule has 1 aliphatic heterocycles. The van der Waals surface area contributed by atoms with Crippen molar-refractivity contribution < 1.29 is 9.18 Å². The third kappa shape index (κ3) is 4.08. The number of anilines is 1. The van der Waals surface area contributed by atoms with E-state index in [1.807, 2.05) is 30.3 Å². The van der Waals surface area contributed by atoms with Crippen molar-refractivity contribution in [3.63, 3.8) is 0 Å². The Morgan fingerprint density at radius 2 is 2.18 bits per heavy atom. The summed E-state index contributed by atoms with van der Waals surface area (Å²) in [6.07, 6.45) is 10.2. The molecule has 1 saturated heterocycles. The number of terminal acetylenes is 1. The third-order valence-corrected chi connectivity index (χ3v) is 6.59. The summed E-state index contributed by atoms with van der Waals surface area (Å²) in [5.41, 5.74) is 2.80. The zero-order chi connectivity index (χ0) is 22.8. The third-order valence-electron chi connectivity index (χ3n) is 5.40. The average molecular weight is 459 g/mol. The zero-order valence-electron chi connectivity index (χ0n) is 17.5. The van der Waals surface area contributed by atoms with E-state index in [0.29, 0.717) is 42.6 Å². The topological polar surface area (TPSA) is 83.0 Å². The monoisotopic (exact) mass is 458 g/mol. The van der Waals surface area contributed by atoms with E-state index in [-0.39, 0.29) is 11.7 Å². The molecule has 1 aromatic carbocycles. The number of urea groups is 1. The Hall–Kier alpha value is -4.03. The quantitative estimate of drug-likeness (QED) is 0.427. The van der Waals surface area contributed by atoms with E-state index in [0.717, 1.165) is 27.4 Å². The van der Waals surface area contributed by atoms with Crippen LogP contribution in [0.3, 0.4) is 0 Å². The molecular weight excluding hydrogens is 439 g/mol. The first-order chi connectivity index (χ1) is 16.1. The fourth-order valence-corrected chi connectivity index (χ4v) is 4.97. The number of carbonyl (C=O) groups excluding carboxylic acids is 1. The molecule has 1 fully saturated rings. The molecule has 3 aromatic heterocycles. The van der Waals surface area contributed by atoms with E-state index < -0.39 is 5.82 Å². The van der Waals surface area contributed by atoms with Gasteiger partial charge in [-0.05, 0) is 17.5 Å². The second-order valence-electron chi connectivity index (χ2n) is 7.44. The number of nitrogens with zero attached hydrogens (tertiary/aromatic N) is 4. The van der Waals surface area contributed by atoms with E-state index >= 15 is 0 Å². The van der Waals surface area contributed by atoms with Crippen LogP contribution in [0.1, 0.15) is 5.56 Å². The molecule has 33 heavy (non-hydrogen) atoms. The highest BCUT2D eigenvalue weighted by Crippen LogP contribution is 2.40. The van der Waals surface area contributed by atoms with Crippen LogP contribution in [0, 0.1) is 18.2 Å². The Labute approximate surface area is 193 Å². The molecule has 1 aliphatic rings. The maximum absolute atomic E-state index is 14.7. The van der Waals surface area contributed by atoms with Crippen molar-refractivity contribution in [1.82, 2.24) is 25.2 Å². The normalized spacial score (nSPS) is 13.2. The van der Waals surface area contributed by atoms with Crippen LogP contribution in [0.25, 0.3) is 31.8 Å². The first-order valence-corrected chi connectivity index (χ1v) is 11.2. The number of thiophene rings is 1. The number of pyridine rings is 1. The highest BCUT2D eigenvalue weighted by atomic mass is 32.1. The van der Waals surface area contributed by atoms with E-state index in [2.05, 4.69) is 31.5 Å². The minimum absolute atomic E-state index is 0.0826. The first-order valence-electron chi connectivity index (χ1n) is 10.4. The summed E-state index contributed by atoms with van der Waals surface area (Å²) in [6.45, 7) is 2.29. The first kappa shape index (κ1) is 20.8. The number of nitrogens with one attached hydrogen (secondary N) is 2. The van der Waals surface area contributed by atoms with Gasteiger partial charge in [-0.3, -0.25) is 4.98 Å². The Morgan fingerprint density at radius 3 is 3.00 bits per heavy atom. The van der Waals surface area contributed by atoms with E-state index in [1.165, 1.54) is 11.3 Å². The molecule has 2 N–H and O–H groups in total. The van der Waals surface area contributed by atoms with Gasteiger partial charge >= 0.3 is 6.03 Å². The second-order valence-corrected chi connectivity index (χ2v) is 8.49. The molecule has 4 aromatic rings. The summed E-state index contributed by atoms with van der Waals surface area (Å²) < 4.78 is 15.7. The standard InChI is InChI=1S/C24H19FN6OS/c1-2-15-13-26-7-6-17(15)18-5-3-4-16-12-20(33-22(16)18)21-19(25)14-29-23(30-21)27-8-10-31-11-9-28-24(31)32/h1,3-7,12-14H,8-11H2,(H,28,32)(H,27,29,30). The molecule has 0 radical (unpaired) electrons. The number of rotatable bonds is 6. The average Bonchev–Trinajstić information content (AvgIpc) is 3.46. The van der Waals surface area contributed by atoms with Gasteiger partial charge in [0, 0.05) is 54.4 Å². The second kappa shape index (κ2) is 8.84. The molecule has 0 aliphatic carbocycles. The Bertz CT molecular complexity index is 1400. The highest BCUT2D eigenvalue weighted by Gasteiger charge is 2.19. The van der Waals surface area contributed by atoms with Crippen molar-refractivity contribution in [1.29, 1.82) is 0 Å². The van der Waals surface area contributed by atoms with Crippen LogP contribution in [-0.4, -0.2) is 52.1 Å². The molecule has 0 unspecified atom stereocenters. The number of aromatic nitrogens is 3. The number of amides is 2.